The first-order valence-electron chi connectivity index (χ1n) is 13.0. The Kier molecular flexibility index (Phi) is 8.05. The van der Waals surface area contributed by atoms with Gasteiger partial charge in [0, 0.05) is 31.7 Å². The molecule has 5 rings (SSSR count). The van der Waals surface area contributed by atoms with E-state index in [0.29, 0.717) is 43.2 Å². The molecule has 1 amide bonds. The summed E-state index contributed by atoms with van der Waals surface area (Å²) >= 11 is 0. The van der Waals surface area contributed by atoms with Gasteiger partial charge in [0.1, 0.15) is 23.9 Å². The number of aliphatic hydroxyl groups excluding tert-OH is 1. The topological polar surface area (TPSA) is 79.3 Å². The smallest absolute Gasteiger partial charge is 0.295 e. The minimum Gasteiger partial charge on any atom is -0.507 e. The Bertz CT molecular complexity index is 1360. The monoisotopic (exact) mass is 530 g/mol. The van der Waals surface area contributed by atoms with E-state index in [1.807, 2.05) is 31.2 Å². The van der Waals surface area contributed by atoms with E-state index in [1.165, 1.54) is 17.0 Å². The Balaban J connectivity index is 1.41. The molecule has 3 aromatic carbocycles. The molecule has 0 aliphatic carbocycles. The number of Topliss-reactive ketones (excluding diaryl/α,β-unsaturated/α-hetero) is 1. The van der Waals surface area contributed by atoms with Crippen LogP contribution < -0.4 is 4.74 Å². The van der Waals surface area contributed by atoms with Gasteiger partial charge in [-0.3, -0.25) is 14.5 Å². The number of ether oxygens (including phenoxy) is 2. The van der Waals surface area contributed by atoms with Crippen molar-refractivity contribution in [3.63, 3.8) is 0 Å². The van der Waals surface area contributed by atoms with Crippen LogP contribution in [-0.4, -0.2) is 66.0 Å². The van der Waals surface area contributed by atoms with Crippen molar-refractivity contribution in [3.05, 3.63) is 106 Å². The number of aliphatic hydroxyl groups is 1. The largest absolute Gasteiger partial charge is 0.507 e. The number of hydrogen-bond acceptors (Lipinski definition) is 6. The van der Waals surface area contributed by atoms with E-state index in [4.69, 9.17) is 9.47 Å². The van der Waals surface area contributed by atoms with Gasteiger partial charge in [-0.15, -0.1) is 0 Å². The molecular formula is C31H31FN2O5. The fourth-order valence-corrected chi connectivity index (χ4v) is 5.01. The van der Waals surface area contributed by atoms with Crippen LogP contribution in [0.4, 0.5) is 4.39 Å². The lowest BCUT2D eigenvalue weighted by atomic mass is 9.95. The summed E-state index contributed by atoms with van der Waals surface area (Å²) in [4.78, 5) is 30.0. The number of morpholine rings is 1. The van der Waals surface area contributed by atoms with Crippen molar-refractivity contribution in [2.24, 2.45) is 0 Å². The third-order valence-electron chi connectivity index (χ3n) is 7.10. The van der Waals surface area contributed by atoms with Gasteiger partial charge in [-0.2, -0.15) is 0 Å². The number of nitrogens with zero attached hydrogens (tertiary/aromatic N) is 2. The number of halogens is 1. The van der Waals surface area contributed by atoms with Crippen molar-refractivity contribution in [2.75, 3.05) is 39.4 Å². The fourth-order valence-electron chi connectivity index (χ4n) is 5.01. The highest BCUT2D eigenvalue weighted by molar-refractivity contribution is 6.46. The molecule has 8 heteroatoms. The van der Waals surface area contributed by atoms with Crippen molar-refractivity contribution in [1.82, 2.24) is 9.80 Å². The normalized spacial score (nSPS) is 19.4. The molecule has 3 aromatic rings. The van der Waals surface area contributed by atoms with Crippen LogP contribution in [0.5, 0.6) is 5.75 Å². The Morgan fingerprint density at radius 1 is 1.00 bits per heavy atom. The molecule has 0 bridgehead atoms. The Morgan fingerprint density at radius 3 is 2.41 bits per heavy atom. The number of carbonyl (C=O) groups excluding carboxylic acids is 2. The van der Waals surface area contributed by atoms with Crippen molar-refractivity contribution in [2.45, 2.75) is 19.6 Å². The lowest BCUT2D eigenvalue weighted by Crippen LogP contribution is -2.42. The van der Waals surface area contributed by atoms with Crippen molar-refractivity contribution < 1.29 is 28.6 Å². The molecule has 0 saturated carbocycles. The molecule has 39 heavy (non-hydrogen) atoms. The average molecular weight is 531 g/mol. The second-order valence-corrected chi connectivity index (χ2v) is 9.80. The third kappa shape index (κ3) is 6.02. The molecule has 2 heterocycles. The van der Waals surface area contributed by atoms with E-state index in [9.17, 15) is 19.1 Å². The summed E-state index contributed by atoms with van der Waals surface area (Å²) in [5.41, 5.74) is 3.11. The molecule has 202 valence electrons. The number of amides is 1. The van der Waals surface area contributed by atoms with Crippen molar-refractivity contribution in [3.8, 4) is 5.75 Å². The lowest BCUT2D eigenvalue weighted by molar-refractivity contribution is -0.140. The molecule has 0 aromatic heterocycles. The maximum Gasteiger partial charge on any atom is 0.295 e. The second-order valence-electron chi connectivity index (χ2n) is 9.80. The zero-order chi connectivity index (χ0) is 27.4. The van der Waals surface area contributed by atoms with Crippen molar-refractivity contribution >= 4 is 17.4 Å². The number of ketones is 1. The standard InChI is InChI=1S/C31H31FN2O5/c1-21-3-2-4-22(19-21)20-39-26-11-7-24(8-12-26)29(35)27-28(23-5-9-25(32)10-6-23)34(31(37)30(27)36)14-13-33-15-17-38-18-16-33/h2-12,19,28,35H,13-18,20H2,1H3/b29-27+. The molecule has 1 atom stereocenters. The molecule has 1 unspecified atom stereocenters. The summed E-state index contributed by atoms with van der Waals surface area (Å²) in [5, 5.41) is 11.3. The highest BCUT2D eigenvalue weighted by Crippen LogP contribution is 2.39. The van der Waals surface area contributed by atoms with Gasteiger partial charge in [0.25, 0.3) is 11.7 Å². The number of hydrogen-bond donors (Lipinski definition) is 1. The Morgan fingerprint density at radius 2 is 1.72 bits per heavy atom. The van der Waals surface area contributed by atoms with Crippen LogP contribution in [0.3, 0.4) is 0 Å². The zero-order valence-corrected chi connectivity index (χ0v) is 21.8. The fraction of sp³-hybridized carbons (Fsp3) is 0.290. The van der Waals surface area contributed by atoms with Crippen LogP contribution >= 0.6 is 0 Å². The summed E-state index contributed by atoms with van der Waals surface area (Å²) in [6, 6.07) is 19.6. The van der Waals surface area contributed by atoms with Crippen LogP contribution in [0.2, 0.25) is 0 Å². The highest BCUT2D eigenvalue weighted by Gasteiger charge is 2.46. The molecule has 2 aliphatic rings. The maximum atomic E-state index is 13.7. The molecule has 7 nitrogen and oxygen atoms in total. The van der Waals surface area contributed by atoms with E-state index >= 15 is 0 Å². The minimum absolute atomic E-state index is 0.0120. The second kappa shape index (κ2) is 11.8. The molecule has 0 spiro atoms. The predicted octanol–water partition coefficient (Wildman–Crippen LogP) is 4.47. The van der Waals surface area contributed by atoms with Gasteiger partial charge in [0.05, 0.1) is 24.8 Å². The number of carbonyl (C=O) groups is 2. The number of benzene rings is 3. The van der Waals surface area contributed by atoms with E-state index < -0.39 is 23.5 Å². The molecule has 2 saturated heterocycles. The average Bonchev–Trinajstić information content (AvgIpc) is 3.21. The van der Waals surface area contributed by atoms with E-state index in [2.05, 4.69) is 4.90 Å². The summed E-state index contributed by atoms with van der Waals surface area (Å²) in [7, 11) is 0. The molecule has 1 N–H and O–H groups in total. The summed E-state index contributed by atoms with van der Waals surface area (Å²) in [6.45, 7) is 5.97. The first-order valence-corrected chi connectivity index (χ1v) is 13.0. The van der Waals surface area contributed by atoms with Gasteiger partial charge in [0.15, 0.2) is 0 Å². The summed E-state index contributed by atoms with van der Waals surface area (Å²) in [5.74, 6) is -1.54. The first-order chi connectivity index (χ1) is 18.9. The minimum atomic E-state index is -0.830. The van der Waals surface area contributed by atoms with Crippen LogP contribution in [-0.2, 0) is 20.9 Å². The van der Waals surface area contributed by atoms with Gasteiger partial charge >= 0.3 is 0 Å². The van der Waals surface area contributed by atoms with Crippen LogP contribution in [0.1, 0.15) is 28.3 Å². The molecular weight excluding hydrogens is 499 g/mol. The van der Waals surface area contributed by atoms with Gasteiger partial charge in [-0.25, -0.2) is 4.39 Å². The van der Waals surface area contributed by atoms with Crippen LogP contribution in [0.15, 0.2) is 78.4 Å². The van der Waals surface area contributed by atoms with Crippen LogP contribution in [0, 0.1) is 12.7 Å². The molecule has 2 aliphatic heterocycles. The molecule has 2 fully saturated rings. The summed E-state index contributed by atoms with van der Waals surface area (Å²) < 4.78 is 25.0. The van der Waals surface area contributed by atoms with Gasteiger partial charge < -0.3 is 19.5 Å². The van der Waals surface area contributed by atoms with E-state index in [0.717, 1.165) is 24.2 Å². The number of rotatable bonds is 8. The van der Waals surface area contributed by atoms with Gasteiger partial charge in [-0.05, 0) is 54.4 Å². The van der Waals surface area contributed by atoms with Crippen LogP contribution in [0.25, 0.3) is 5.76 Å². The Labute approximate surface area is 227 Å². The summed E-state index contributed by atoms with van der Waals surface area (Å²) in [6.07, 6.45) is 0. The maximum absolute atomic E-state index is 13.7. The predicted molar refractivity (Wildman–Crippen MR) is 145 cm³/mol. The van der Waals surface area contributed by atoms with Gasteiger partial charge in [-0.1, -0.05) is 42.0 Å². The number of aryl methyl sites for hydroxylation is 1. The third-order valence-corrected chi connectivity index (χ3v) is 7.10. The highest BCUT2D eigenvalue weighted by atomic mass is 19.1. The quantitative estimate of drug-likeness (QED) is 0.263. The Hall–Kier alpha value is -4.01. The van der Waals surface area contributed by atoms with E-state index in [-0.39, 0.29) is 17.9 Å². The lowest BCUT2D eigenvalue weighted by Gasteiger charge is -2.31. The SMILES string of the molecule is Cc1cccc(COc2ccc(/C(O)=C3\C(=O)C(=O)N(CCN4CCOCC4)C3c3ccc(F)cc3)cc2)c1. The van der Waals surface area contributed by atoms with Crippen molar-refractivity contribution in [1.29, 1.82) is 0 Å². The zero-order valence-electron chi connectivity index (χ0n) is 21.8. The molecule has 0 radical (unpaired) electrons. The van der Waals surface area contributed by atoms with Gasteiger partial charge in [0.2, 0.25) is 0 Å². The first kappa shape index (κ1) is 26.6. The van der Waals surface area contributed by atoms with E-state index in [1.54, 1.807) is 36.4 Å². The number of likely N-dealkylation sites (tertiary alicyclic amines) is 1.